The number of primary amides is 1. The fourth-order valence-electron chi connectivity index (χ4n) is 2.85. The van der Waals surface area contributed by atoms with E-state index in [0.717, 1.165) is 24.0 Å². The summed E-state index contributed by atoms with van der Waals surface area (Å²) in [4.78, 5) is 14.8. The number of hydrogen-bond donors (Lipinski definition) is 2. The molecule has 0 unspecified atom stereocenters. The maximum absolute atomic E-state index is 11.7. The molecular weight excluding hydrogens is 280 g/mol. The zero-order valence-corrected chi connectivity index (χ0v) is 12.8. The number of H-pyrrole nitrogens is 1. The molecule has 0 radical (unpaired) electrons. The van der Waals surface area contributed by atoms with Crippen LogP contribution in [0.3, 0.4) is 0 Å². The van der Waals surface area contributed by atoms with E-state index < -0.39 is 5.91 Å². The van der Waals surface area contributed by atoms with E-state index in [2.05, 4.69) is 21.2 Å². The van der Waals surface area contributed by atoms with Gasteiger partial charge in [0.1, 0.15) is 0 Å². The second kappa shape index (κ2) is 5.79. The summed E-state index contributed by atoms with van der Waals surface area (Å²) in [7, 11) is 0. The van der Waals surface area contributed by atoms with Crippen LogP contribution in [-0.4, -0.2) is 27.7 Å². The summed E-state index contributed by atoms with van der Waals surface area (Å²) in [6, 6.07) is 4.24. The largest absolute Gasteiger partial charge is 0.464 e. The molecule has 22 heavy (non-hydrogen) atoms. The van der Waals surface area contributed by atoms with Gasteiger partial charge in [-0.15, -0.1) is 5.10 Å². The van der Waals surface area contributed by atoms with Crippen LogP contribution in [-0.2, 0) is 0 Å². The number of amides is 1. The minimum absolute atomic E-state index is 0.379. The Balaban J connectivity index is 2.05. The number of carbonyl (C=O) groups is 1. The first-order valence-electron chi connectivity index (χ1n) is 7.60. The van der Waals surface area contributed by atoms with E-state index in [-0.39, 0.29) is 0 Å². The summed E-state index contributed by atoms with van der Waals surface area (Å²) in [5.41, 5.74) is 9.07. The molecule has 2 aromatic rings. The first-order valence-corrected chi connectivity index (χ1v) is 7.60. The van der Waals surface area contributed by atoms with Crippen LogP contribution in [0, 0.1) is 6.92 Å². The molecule has 0 bridgehead atoms. The predicted octanol–water partition coefficient (Wildman–Crippen LogP) is 2.55. The number of nitrogens with two attached hydrogens (primary N) is 1. The number of carbonyl (C=O) groups excluding carboxylic acids is 1. The molecule has 0 atom stereocenters. The lowest BCUT2D eigenvalue weighted by Crippen LogP contribution is -2.17. The minimum Gasteiger partial charge on any atom is -0.464 e. The Labute approximate surface area is 129 Å². The van der Waals surface area contributed by atoms with Crippen LogP contribution >= 0.6 is 0 Å². The van der Waals surface area contributed by atoms with Gasteiger partial charge < -0.3 is 10.5 Å². The first-order chi connectivity index (χ1) is 10.6. The van der Waals surface area contributed by atoms with Gasteiger partial charge >= 0.3 is 6.01 Å². The van der Waals surface area contributed by atoms with Crippen molar-refractivity contribution in [2.75, 3.05) is 6.61 Å². The zero-order chi connectivity index (χ0) is 15.7. The maximum Gasteiger partial charge on any atom is 0.314 e. The van der Waals surface area contributed by atoms with Crippen molar-refractivity contribution >= 4 is 5.91 Å². The summed E-state index contributed by atoms with van der Waals surface area (Å²) in [6.45, 7) is 4.36. The van der Waals surface area contributed by atoms with Crippen LogP contribution in [0.1, 0.15) is 53.6 Å². The van der Waals surface area contributed by atoms with Crippen LogP contribution in [0.5, 0.6) is 6.01 Å². The fraction of sp³-hybridized carbons (Fsp3) is 0.438. The molecule has 116 valence electrons. The average molecular weight is 300 g/mol. The van der Waals surface area contributed by atoms with E-state index in [1.165, 1.54) is 12.0 Å². The molecule has 3 rings (SSSR count). The number of benzene rings is 1. The standard InChI is InChI=1S/C16H20N4O2/c1-3-22-16-18-15(19-20-16)11-7-12(10-5-4-6-10)9(2)13(8-11)14(17)21/h7-8,10H,3-6H2,1-2H3,(H2,17,21)(H,18,19,20). The third kappa shape index (κ3) is 2.56. The third-order valence-electron chi connectivity index (χ3n) is 4.28. The van der Waals surface area contributed by atoms with E-state index in [1.54, 1.807) is 6.07 Å². The summed E-state index contributed by atoms with van der Waals surface area (Å²) < 4.78 is 5.30. The van der Waals surface area contributed by atoms with Crippen molar-refractivity contribution in [2.24, 2.45) is 5.73 Å². The molecule has 1 amide bonds. The highest BCUT2D eigenvalue weighted by molar-refractivity contribution is 5.96. The molecule has 1 saturated carbocycles. The lowest BCUT2D eigenvalue weighted by Gasteiger charge is -2.28. The maximum atomic E-state index is 11.7. The zero-order valence-electron chi connectivity index (χ0n) is 12.8. The molecule has 1 aromatic carbocycles. The molecular formula is C16H20N4O2. The summed E-state index contributed by atoms with van der Waals surface area (Å²) in [6.07, 6.45) is 3.54. The number of aromatic nitrogens is 3. The number of ether oxygens (including phenoxy) is 1. The van der Waals surface area contributed by atoms with Crippen molar-refractivity contribution in [2.45, 2.75) is 39.0 Å². The Bertz CT molecular complexity index is 704. The van der Waals surface area contributed by atoms with Gasteiger partial charge in [-0.2, -0.15) is 0 Å². The molecule has 6 heteroatoms. The van der Waals surface area contributed by atoms with Crippen molar-refractivity contribution in [1.29, 1.82) is 0 Å². The van der Waals surface area contributed by atoms with Crippen molar-refractivity contribution in [3.05, 3.63) is 28.8 Å². The first kappa shape index (κ1) is 14.6. The highest BCUT2D eigenvalue weighted by Gasteiger charge is 2.24. The lowest BCUT2D eigenvalue weighted by atomic mass is 9.77. The molecule has 0 saturated heterocycles. The normalized spacial score (nSPS) is 14.6. The van der Waals surface area contributed by atoms with Crippen LogP contribution < -0.4 is 10.5 Å². The van der Waals surface area contributed by atoms with Gasteiger partial charge in [0.25, 0.3) is 0 Å². The SMILES string of the molecule is CCOc1nnc(-c2cc(C(N)=O)c(C)c(C3CCC3)c2)[nH]1. The Morgan fingerprint density at radius 2 is 2.18 bits per heavy atom. The average Bonchev–Trinajstić information content (AvgIpc) is 2.87. The van der Waals surface area contributed by atoms with Crippen molar-refractivity contribution in [3.8, 4) is 17.4 Å². The second-order valence-electron chi connectivity index (χ2n) is 5.64. The number of nitrogens with zero attached hydrogens (tertiary/aromatic N) is 2. The van der Waals surface area contributed by atoms with Crippen molar-refractivity contribution in [1.82, 2.24) is 15.2 Å². The van der Waals surface area contributed by atoms with Crippen molar-refractivity contribution < 1.29 is 9.53 Å². The van der Waals surface area contributed by atoms with E-state index in [9.17, 15) is 4.79 Å². The summed E-state index contributed by atoms with van der Waals surface area (Å²) in [5.74, 6) is 0.684. The molecule has 1 fully saturated rings. The van der Waals surface area contributed by atoms with Gasteiger partial charge in [0.15, 0.2) is 5.82 Å². The number of nitrogens with one attached hydrogen (secondary N) is 1. The van der Waals surface area contributed by atoms with Gasteiger partial charge in [-0.1, -0.05) is 11.5 Å². The van der Waals surface area contributed by atoms with Gasteiger partial charge in [0.05, 0.1) is 6.61 Å². The second-order valence-corrected chi connectivity index (χ2v) is 5.64. The monoisotopic (exact) mass is 300 g/mol. The van der Waals surface area contributed by atoms with E-state index in [1.807, 2.05) is 13.8 Å². The number of aromatic amines is 1. The summed E-state index contributed by atoms with van der Waals surface area (Å²) >= 11 is 0. The van der Waals surface area contributed by atoms with Gasteiger partial charge in [0.2, 0.25) is 5.91 Å². The molecule has 0 spiro atoms. The summed E-state index contributed by atoms with van der Waals surface area (Å²) in [5, 5.41) is 8.04. The topological polar surface area (TPSA) is 93.9 Å². The highest BCUT2D eigenvalue weighted by atomic mass is 16.5. The van der Waals surface area contributed by atoms with Gasteiger partial charge in [-0.25, -0.2) is 0 Å². The van der Waals surface area contributed by atoms with E-state index in [0.29, 0.717) is 29.9 Å². The van der Waals surface area contributed by atoms with Crippen LogP contribution in [0.15, 0.2) is 12.1 Å². The quantitative estimate of drug-likeness (QED) is 0.887. The number of hydrogen-bond acceptors (Lipinski definition) is 4. The highest BCUT2D eigenvalue weighted by Crippen LogP contribution is 2.40. The molecule has 6 nitrogen and oxygen atoms in total. The fourth-order valence-corrected chi connectivity index (χ4v) is 2.85. The predicted molar refractivity (Wildman–Crippen MR) is 82.8 cm³/mol. The number of rotatable bonds is 5. The Hall–Kier alpha value is -2.37. The van der Waals surface area contributed by atoms with Crippen LogP contribution in [0.25, 0.3) is 11.4 Å². The van der Waals surface area contributed by atoms with E-state index in [4.69, 9.17) is 10.5 Å². The molecule has 1 aromatic heterocycles. The van der Waals surface area contributed by atoms with Gasteiger partial charge in [-0.3, -0.25) is 9.78 Å². The Kier molecular flexibility index (Phi) is 3.83. The molecule has 3 N–H and O–H groups in total. The van der Waals surface area contributed by atoms with Crippen molar-refractivity contribution in [3.63, 3.8) is 0 Å². The van der Waals surface area contributed by atoms with Crippen LogP contribution in [0.4, 0.5) is 0 Å². The van der Waals surface area contributed by atoms with Gasteiger partial charge in [-0.05, 0) is 55.9 Å². The van der Waals surface area contributed by atoms with Crippen LogP contribution in [0.2, 0.25) is 0 Å². The Morgan fingerprint density at radius 3 is 2.77 bits per heavy atom. The third-order valence-corrected chi connectivity index (χ3v) is 4.28. The molecule has 1 heterocycles. The molecule has 1 aliphatic rings. The molecule has 0 aliphatic heterocycles. The lowest BCUT2D eigenvalue weighted by molar-refractivity contribution is 0.0999. The smallest absolute Gasteiger partial charge is 0.314 e. The van der Waals surface area contributed by atoms with Gasteiger partial charge in [0, 0.05) is 11.1 Å². The Morgan fingerprint density at radius 1 is 1.41 bits per heavy atom. The molecule has 1 aliphatic carbocycles. The minimum atomic E-state index is -0.413. The van der Waals surface area contributed by atoms with E-state index >= 15 is 0 Å².